The second-order valence-corrected chi connectivity index (χ2v) is 9.73. The van der Waals surface area contributed by atoms with Gasteiger partial charge in [-0.05, 0) is 49.9 Å². The zero-order valence-electron chi connectivity index (χ0n) is 14.0. The van der Waals surface area contributed by atoms with Crippen molar-refractivity contribution in [3.05, 3.63) is 46.8 Å². The molecule has 2 aliphatic rings. The van der Waals surface area contributed by atoms with Gasteiger partial charge in [-0.15, -0.1) is 11.3 Å². The molecule has 1 saturated heterocycles. The summed E-state index contributed by atoms with van der Waals surface area (Å²) in [5.74, 6) is -0.0566. The van der Waals surface area contributed by atoms with Gasteiger partial charge in [0.15, 0.2) is 0 Å². The molecule has 0 N–H and O–H groups in total. The fourth-order valence-electron chi connectivity index (χ4n) is 3.65. The van der Waals surface area contributed by atoms with Crippen LogP contribution in [0.15, 0.2) is 40.6 Å². The van der Waals surface area contributed by atoms with Gasteiger partial charge in [-0.1, -0.05) is 18.2 Å². The van der Waals surface area contributed by atoms with Crippen molar-refractivity contribution in [3.63, 3.8) is 0 Å². The van der Waals surface area contributed by atoms with Crippen LogP contribution in [0.1, 0.15) is 35.0 Å². The lowest BCUT2D eigenvalue weighted by atomic mass is 10.1. The van der Waals surface area contributed by atoms with Crippen LogP contribution in [-0.2, 0) is 16.4 Å². The minimum absolute atomic E-state index is 0.0566. The first-order chi connectivity index (χ1) is 12.0. The number of likely N-dealkylation sites (tertiary alicyclic amines) is 1. The van der Waals surface area contributed by atoms with Crippen LogP contribution in [0.25, 0.3) is 0 Å². The van der Waals surface area contributed by atoms with E-state index in [1.807, 2.05) is 31.2 Å². The average Bonchev–Trinajstić information content (AvgIpc) is 3.32. The van der Waals surface area contributed by atoms with Crippen LogP contribution in [0.2, 0.25) is 0 Å². The molecule has 2 aliphatic heterocycles. The van der Waals surface area contributed by atoms with Crippen molar-refractivity contribution in [2.45, 2.75) is 36.4 Å². The number of thiophene rings is 1. The predicted octanol–water partition coefficient (Wildman–Crippen LogP) is 3.12. The Kier molecular flexibility index (Phi) is 4.08. The third-order valence-corrected chi connectivity index (χ3v) is 8.31. The standard InChI is InChI=1S/C18H20N2O3S2/c1-13-12-14-6-2-3-7-15(14)20(13)25(22,23)17-9-8-16(24-17)18(21)19-10-4-5-11-19/h2-3,6-9,13H,4-5,10-12H2,1H3. The maximum absolute atomic E-state index is 13.2. The maximum Gasteiger partial charge on any atom is 0.274 e. The topological polar surface area (TPSA) is 57.7 Å². The Balaban J connectivity index is 1.66. The molecule has 1 aromatic carbocycles. The quantitative estimate of drug-likeness (QED) is 0.827. The van der Waals surface area contributed by atoms with Crippen molar-refractivity contribution in [2.75, 3.05) is 17.4 Å². The number of hydrogen-bond donors (Lipinski definition) is 0. The number of carbonyl (C=O) groups is 1. The van der Waals surface area contributed by atoms with Crippen molar-refractivity contribution in [2.24, 2.45) is 0 Å². The minimum Gasteiger partial charge on any atom is -0.338 e. The zero-order chi connectivity index (χ0) is 17.6. The third-order valence-electron chi connectivity index (χ3n) is 4.84. The van der Waals surface area contributed by atoms with Crippen LogP contribution in [0.3, 0.4) is 0 Å². The summed E-state index contributed by atoms with van der Waals surface area (Å²) in [5.41, 5.74) is 1.79. The molecule has 1 amide bonds. The van der Waals surface area contributed by atoms with E-state index in [0.717, 1.165) is 48.5 Å². The number of nitrogens with zero attached hydrogens (tertiary/aromatic N) is 2. The third kappa shape index (κ3) is 2.75. The van der Waals surface area contributed by atoms with Crippen LogP contribution in [0.5, 0.6) is 0 Å². The molecule has 4 rings (SSSR count). The number of sulfonamides is 1. The van der Waals surface area contributed by atoms with E-state index in [-0.39, 0.29) is 16.2 Å². The number of amides is 1. The Hall–Kier alpha value is -1.86. The molecule has 0 saturated carbocycles. The Morgan fingerprint density at radius 1 is 1.12 bits per heavy atom. The summed E-state index contributed by atoms with van der Waals surface area (Å²) in [7, 11) is -3.66. The molecule has 1 aromatic heterocycles. The van der Waals surface area contributed by atoms with Gasteiger partial charge in [0, 0.05) is 19.1 Å². The van der Waals surface area contributed by atoms with Gasteiger partial charge in [-0.2, -0.15) is 0 Å². The molecule has 1 fully saturated rings. The minimum atomic E-state index is -3.66. The smallest absolute Gasteiger partial charge is 0.274 e. The number of rotatable bonds is 3. The lowest BCUT2D eigenvalue weighted by Crippen LogP contribution is -2.35. The summed E-state index contributed by atoms with van der Waals surface area (Å²) in [6.45, 7) is 3.44. The largest absolute Gasteiger partial charge is 0.338 e. The fraction of sp³-hybridized carbons (Fsp3) is 0.389. The van der Waals surface area contributed by atoms with E-state index < -0.39 is 10.0 Å². The Morgan fingerprint density at radius 2 is 1.84 bits per heavy atom. The van der Waals surface area contributed by atoms with Gasteiger partial charge < -0.3 is 4.90 Å². The highest BCUT2D eigenvalue weighted by molar-refractivity contribution is 7.94. The normalized spacial score (nSPS) is 20.1. The Morgan fingerprint density at radius 3 is 2.60 bits per heavy atom. The molecule has 0 spiro atoms. The van der Waals surface area contributed by atoms with Crippen molar-refractivity contribution in [1.29, 1.82) is 0 Å². The molecule has 3 heterocycles. The van der Waals surface area contributed by atoms with Crippen molar-refractivity contribution in [1.82, 2.24) is 4.90 Å². The first-order valence-electron chi connectivity index (χ1n) is 8.50. The molecule has 7 heteroatoms. The molecule has 1 unspecified atom stereocenters. The number of para-hydroxylation sites is 1. The molecule has 0 radical (unpaired) electrons. The van der Waals surface area contributed by atoms with Crippen LogP contribution >= 0.6 is 11.3 Å². The van der Waals surface area contributed by atoms with Crippen LogP contribution < -0.4 is 4.31 Å². The number of hydrogen-bond acceptors (Lipinski definition) is 4. The molecule has 0 aliphatic carbocycles. The number of benzene rings is 1. The van der Waals surface area contributed by atoms with Gasteiger partial charge >= 0.3 is 0 Å². The molecular weight excluding hydrogens is 356 g/mol. The van der Waals surface area contributed by atoms with Crippen LogP contribution in [0, 0.1) is 0 Å². The number of carbonyl (C=O) groups excluding carboxylic acids is 1. The zero-order valence-corrected chi connectivity index (χ0v) is 15.6. The molecule has 132 valence electrons. The van der Waals surface area contributed by atoms with Crippen LogP contribution in [-0.4, -0.2) is 38.4 Å². The van der Waals surface area contributed by atoms with Crippen molar-refractivity contribution in [3.8, 4) is 0 Å². The number of anilines is 1. The first kappa shape index (κ1) is 16.6. The summed E-state index contributed by atoms with van der Waals surface area (Å²) in [4.78, 5) is 14.8. The average molecular weight is 377 g/mol. The highest BCUT2D eigenvalue weighted by Crippen LogP contribution is 2.38. The SMILES string of the molecule is CC1Cc2ccccc2N1S(=O)(=O)c1ccc(C(=O)N2CCCC2)s1. The lowest BCUT2D eigenvalue weighted by Gasteiger charge is -2.23. The van der Waals surface area contributed by atoms with E-state index in [1.54, 1.807) is 17.0 Å². The second kappa shape index (κ2) is 6.14. The monoisotopic (exact) mass is 376 g/mol. The highest BCUT2D eigenvalue weighted by Gasteiger charge is 2.37. The highest BCUT2D eigenvalue weighted by atomic mass is 32.2. The Bertz CT molecular complexity index is 914. The second-order valence-electron chi connectivity index (χ2n) is 6.60. The first-order valence-corrected chi connectivity index (χ1v) is 10.8. The summed E-state index contributed by atoms with van der Waals surface area (Å²) in [6.07, 6.45) is 2.75. The van der Waals surface area contributed by atoms with E-state index in [0.29, 0.717) is 11.3 Å². The molecule has 5 nitrogen and oxygen atoms in total. The molecule has 0 bridgehead atoms. The maximum atomic E-state index is 13.2. The molecule has 25 heavy (non-hydrogen) atoms. The van der Waals surface area contributed by atoms with E-state index in [2.05, 4.69) is 0 Å². The molecule has 1 atom stereocenters. The van der Waals surface area contributed by atoms with Gasteiger partial charge in [0.05, 0.1) is 10.6 Å². The summed E-state index contributed by atoms with van der Waals surface area (Å²) < 4.78 is 28.1. The van der Waals surface area contributed by atoms with Gasteiger partial charge in [-0.3, -0.25) is 9.10 Å². The van der Waals surface area contributed by atoms with Gasteiger partial charge in [0.1, 0.15) is 4.21 Å². The summed E-state index contributed by atoms with van der Waals surface area (Å²) in [5, 5.41) is 0. The summed E-state index contributed by atoms with van der Waals surface area (Å²) in [6, 6.07) is 10.7. The van der Waals surface area contributed by atoms with Gasteiger partial charge in [-0.25, -0.2) is 8.42 Å². The van der Waals surface area contributed by atoms with E-state index in [1.165, 1.54) is 4.31 Å². The van der Waals surface area contributed by atoms with Crippen molar-refractivity contribution >= 4 is 33.0 Å². The van der Waals surface area contributed by atoms with Crippen LogP contribution in [0.4, 0.5) is 5.69 Å². The summed E-state index contributed by atoms with van der Waals surface area (Å²) >= 11 is 1.08. The fourth-order valence-corrected chi connectivity index (χ4v) is 6.71. The predicted molar refractivity (Wildman–Crippen MR) is 98.7 cm³/mol. The van der Waals surface area contributed by atoms with Gasteiger partial charge in [0.25, 0.3) is 15.9 Å². The molecular formula is C18H20N2O3S2. The van der Waals surface area contributed by atoms with E-state index in [4.69, 9.17) is 0 Å². The molecule has 2 aromatic rings. The van der Waals surface area contributed by atoms with E-state index in [9.17, 15) is 13.2 Å². The van der Waals surface area contributed by atoms with Crippen molar-refractivity contribution < 1.29 is 13.2 Å². The van der Waals surface area contributed by atoms with E-state index >= 15 is 0 Å². The Labute approximate surface area is 151 Å². The van der Waals surface area contributed by atoms with Gasteiger partial charge in [0.2, 0.25) is 0 Å². The number of fused-ring (bicyclic) bond motifs is 1. The lowest BCUT2D eigenvalue weighted by molar-refractivity contribution is 0.0797.